The summed E-state index contributed by atoms with van der Waals surface area (Å²) < 4.78 is 54.2. The monoisotopic (exact) mass is 576 g/mol. The molecule has 0 aliphatic heterocycles. The van der Waals surface area contributed by atoms with Gasteiger partial charge in [0.1, 0.15) is 0 Å². The minimum Gasteiger partial charge on any atom is -0.493 e. The fraction of sp³-hybridized carbons (Fsp3) is 0.188. The van der Waals surface area contributed by atoms with Crippen molar-refractivity contribution in [1.29, 1.82) is 0 Å². The molecule has 0 heterocycles. The van der Waals surface area contributed by atoms with Gasteiger partial charge in [-0.1, -0.05) is 79.4 Å². The highest BCUT2D eigenvalue weighted by Crippen LogP contribution is 2.54. The summed E-state index contributed by atoms with van der Waals surface area (Å²) in [6.07, 6.45) is 1.68. The number of hydrogen-bond acceptors (Lipinski definition) is 8. The van der Waals surface area contributed by atoms with Crippen LogP contribution in [0, 0.1) is 0 Å². The molecule has 41 heavy (non-hydrogen) atoms. The minimum absolute atomic E-state index is 0.0129. The quantitative estimate of drug-likeness (QED) is 0.140. The lowest BCUT2D eigenvalue weighted by Crippen LogP contribution is -2.05. The Hall–Kier alpha value is -4.23. The van der Waals surface area contributed by atoms with Gasteiger partial charge in [0.25, 0.3) is 0 Å². The van der Waals surface area contributed by atoms with Gasteiger partial charge in [-0.25, -0.2) is 4.57 Å². The second-order valence-corrected chi connectivity index (χ2v) is 10.3. The first-order valence-electron chi connectivity index (χ1n) is 12.8. The van der Waals surface area contributed by atoms with Crippen molar-refractivity contribution in [2.45, 2.75) is 13.2 Å². The highest BCUT2D eigenvalue weighted by molar-refractivity contribution is 7.48. The van der Waals surface area contributed by atoms with E-state index in [0.717, 1.165) is 16.7 Å². The Morgan fingerprint density at radius 3 is 1.71 bits per heavy atom. The summed E-state index contributed by atoms with van der Waals surface area (Å²) in [5, 5.41) is 0. The van der Waals surface area contributed by atoms with E-state index in [2.05, 4.69) is 6.58 Å². The van der Waals surface area contributed by atoms with Gasteiger partial charge in [-0.05, 0) is 40.5 Å². The van der Waals surface area contributed by atoms with E-state index in [0.29, 0.717) is 34.1 Å². The third kappa shape index (κ3) is 7.11. The van der Waals surface area contributed by atoms with Crippen molar-refractivity contribution in [3.05, 3.63) is 108 Å². The number of ether oxygens (including phenoxy) is 4. The van der Waals surface area contributed by atoms with Crippen molar-refractivity contribution in [2.75, 3.05) is 28.4 Å². The molecule has 0 saturated carbocycles. The fourth-order valence-electron chi connectivity index (χ4n) is 4.20. The Morgan fingerprint density at radius 2 is 1.22 bits per heavy atom. The lowest BCUT2D eigenvalue weighted by Gasteiger charge is -2.22. The van der Waals surface area contributed by atoms with Crippen LogP contribution < -0.4 is 23.5 Å². The molecule has 4 aromatic carbocycles. The molecule has 8 nitrogen and oxygen atoms in total. The van der Waals surface area contributed by atoms with E-state index in [1.807, 2.05) is 66.7 Å². The molecule has 4 rings (SSSR count). The Morgan fingerprint density at radius 1 is 0.659 bits per heavy atom. The summed E-state index contributed by atoms with van der Waals surface area (Å²) >= 11 is 0. The molecule has 0 unspecified atom stereocenters. The number of rotatable bonds is 14. The van der Waals surface area contributed by atoms with Crippen LogP contribution in [-0.4, -0.2) is 28.4 Å². The molecule has 0 fully saturated rings. The average molecular weight is 577 g/mol. The molecule has 0 spiro atoms. The first-order chi connectivity index (χ1) is 19.9. The smallest absolute Gasteiger partial charge is 0.493 e. The molecule has 4 aromatic rings. The third-order valence-corrected chi connectivity index (χ3v) is 7.52. The van der Waals surface area contributed by atoms with Gasteiger partial charge in [0.2, 0.25) is 5.75 Å². The summed E-state index contributed by atoms with van der Waals surface area (Å²) in [5.74, 6) is 1.82. The van der Waals surface area contributed by atoms with Crippen molar-refractivity contribution in [3.8, 4) is 39.9 Å². The van der Waals surface area contributed by atoms with E-state index in [1.54, 1.807) is 31.4 Å². The number of hydrogen-bond donors (Lipinski definition) is 0. The van der Waals surface area contributed by atoms with E-state index in [9.17, 15) is 4.57 Å². The van der Waals surface area contributed by atoms with Crippen LogP contribution >= 0.6 is 7.82 Å². The van der Waals surface area contributed by atoms with Crippen LogP contribution in [0.25, 0.3) is 17.2 Å². The number of phosphoric acid groups is 1. The summed E-state index contributed by atoms with van der Waals surface area (Å²) in [6, 6.07) is 25.7. The van der Waals surface area contributed by atoms with Crippen molar-refractivity contribution in [2.24, 2.45) is 0 Å². The van der Waals surface area contributed by atoms with Gasteiger partial charge in [0, 0.05) is 5.56 Å². The van der Waals surface area contributed by atoms with E-state index in [1.165, 1.54) is 21.3 Å². The molecule has 214 valence electrons. The molecular formula is C32H33O8P. The maximum atomic E-state index is 14.1. The van der Waals surface area contributed by atoms with Crippen LogP contribution in [0.4, 0.5) is 0 Å². The molecule has 0 aliphatic carbocycles. The molecule has 0 N–H and O–H groups in total. The molecule has 0 amide bonds. The zero-order valence-electron chi connectivity index (χ0n) is 23.5. The molecule has 0 aliphatic rings. The SMILES string of the molecule is C=Cc1cc(OC)c(OC)c(OC)c1-c1ccc(OC)c(OP(=O)(OCc2ccccc2)OCc2ccccc2)c1. The molecule has 0 aromatic heterocycles. The Labute approximate surface area is 240 Å². The summed E-state index contributed by atoms with van der Waals surface area (Å²) in [6.45, 7) is 3.98. The number of methoxy groups -OCH3 is 4. The largest absolute Gasteiger partial charge is 0.530 e. The second kappa shape index (κ2) is 13.9. The van der Waals surface area contributed by atoms with Crippen molar-refractivity contribution in [1.82, 2.24) is 0 Å². The van der Waals surface area contributed by atoms with Crippen LogP contribution in [0.15, 0.2) is 91.5 Å². The van der Waals surface area contributed by atoms with Crippen molar-refractivity contribution in [3.63, 3.8) is 0 Å². The van der Waals surface area contributed by atoms with Crippen LogP contribution in [0.5, 0.6) is 28.7 Å². The van der Waals surface area contributed by atoms with Crippen LogP contribution in [0.3, 0.4) is 0 Å². The predicted octanol–water partition coefficient (Wildman–Crippen LogP) is 7.95. The minimum atomic E-state index is -4.17. The standard InChI is InChI=1S/C32H33O8P/c1-6-25-19-29(35-3)31(36-4)32(37-5)30(25)26-17-18-27(34-2)28(20-26)40-41(33,38-21-23-13-9-7-10-14-23)39-22-24-15-11-8-12-16-24/h6-20H,1,21-22H2,2-5H3. The van der Waals surface area contributed by atoms with E-state index < -0.39 is 7.82 Å². The van der Waals surface area contributed by atoms with E-state index in [-0.39, 0.29) is 19.0 Å². The van der Waals surface area contributed by atoms with Crippen LogP contribution in [-0.2, 0) is 26.8 Å². The van der Waals surface area contributed by atoms with Gasteiger partial charge >= 0.3 is 7.82 Å². The normalized spacial score (nSPS) is 11.0. The highest BCUT2D eigenvalue weighted by Gasteiger charge is 2.31. The molecule has 0 atom stereocenters. The molecule has 0 saturated heterocycles. The summed E-state index contributed by atoms with van der Waals surface area (Å²) in [7, 11) is 1.95. The molecule has 0 bridgehead atoms. The predicted molar refractivity (Wildman–Crippen MR) is 159 cm³/mol. The zero-order valence-corrected chi connectivity index (χ0v) is 24.4. The topological polar surface area (TPSA) is 81.7 Å². The second-order valence-electron chi connectivity index (χ2n) is 8.74. The van der Waals surface area contributed by atoms with E-state index in [4.69, 9.17) is 32.5 Å². The number of benzene rings is 4. The third-order valence-electron chi connectivity index (χ3n) is 6.21. The van der Waals surface area contributed by atoms with Crippen LogP contribution in [0.2, 0.25) is 0 Å². The van der Waals surface area contributed by atoms with Crippen LogP contribution in [0.1, 0.15) is 16.7 Å². The maximum absolute atomic E-state index is 14.1. The Bertz CT molecular complexity index is 1460. The molecule has 9 heteroatoms. The average Bonchev–Trinajstić information content (AvgIpc) is 3.02. The van der Waals surface area contributed by atoms with Crippen molar-refractivity contribution >= 4 is 13.9 Å². The first-order valence-corrected chi connectivity index (χ1v) is 14.2. The van der Waals surface area contributed by atoms with Gasteiger partial charge in [-0.2, -0.15) is 0 Å². The number of phosphoric ester groups is 1. The maximum Gasteiger partial charge on any atom is 0.530 e. The van der Waals surface area contributed by atoms with Gasteiger partial charge in [0.05, 0.1) is 41.7 Å². The first kappa shape index (κ1) is 29.7. The molecule has 0 radical (unpaired) electrons. The highest BCUT2D eigenvalue weighted by atomic mass is 31.2. The summed E-state index contributed by atoms with van der Waals surface area (Å²) in [5.41, 5.74) is 3.67. The van der Waals surface area contributed by atoms with Gasteiger partial charge < -0.3 is 23.5 Å². The Kier molecular flexibility index (Phi) is 10.1. The lowest BCUT2D eigenvalue weighted by atomic mass is 9.97. The van der Waals surface area contributed by atoms with Gasteiger partial charge in [0.15, 0.2) is 23.0 Å². The summed E-state index contributed by atoms with van der Waals surface area (Å²) in [4.78, 5) is 0. The van der Waals surface area contributed by atoms with Crippen molar-refractivity contribution < 1.29 is 37.1 Å². The van der Waals surface area contributed by atoms with Gasteiger partial charge in [-0.15, -0.1) is 0 Å². The van der Waals surface area contributed by atoms with E-state index >= 15 is 0 Å². The Balaban J connectivity index is 1.76. The zero-order chi connectivity index (χ0) is 29.2. The molecular weight excluding hydrogens is 543 g/mol. The fourth-order valence-corrected chi connectivity index (χ4v) is 5.38. The van der Waals surface area contributed by atoms with Gasteiger partial charge in [-0.3, -0.25) is 9.05 Å². The lowest BCUT2D eigenvalue weighted by molar-refractivity contribution is 0.142.